The first-order chi connectivity index (χ1) is 15.7. The molecule has 0 saturated carbocycles. The van der Waals surface area contributed by atoms with Crippen LogP contribution in [0.15, 0.2) is 24.3 Å². The van der Waals surface area contributed by atoms with Gasteiger partial charge in [-0.25, -0.2) is 9.59 Å². The number of amidine groups is 1. The van der Waals surface area contributed by atoms with Crippen molar-refractivity contribution in [1.29, 1.82) is 5.41 Å². The van der Waals surface area contributed by atoms with Gasteiger partial charge in [0.15, 0.2) is 5.84 Å². The molecule has 180 valence electrons. The van der Waals surface area contributed by atoms with Gasteiger partial charge in [-0.2, -0.15) is 5.48 Å². The van der Waals surface area contributed by atoms with Gasteiger partial charge >= 0.3 is 18.1 Å². The number of nitrogens with zero attached hydrogens (tertiary/aromatic N) is 2. The largest absolute Gasteiger partial charge is 0.466 e. The monoisotopic (exact) mass is 462 g/mol. The molecule has 12 heteroatoms. The molecule has 1 aliphatic rings. The number of rotatable bonds is 8. The summed E-state index contributed by atoms with van der Waals surface area (Å²) in [5, 5.41) is 13.1. The van der Waals surface area contributed by atoms with E-state index in [4.69, 9.17) is 15.0 Å². The fourth-order valence-corrected chi connectivity index (χ4v) is 2.90. The molecule has 1 heterocycles. The molecule has 0 spiro atoms. The molecule has 1 atom stereocenters. The number of carbonyl (C=O) groups is 4. The second kappa shape index (κ2) is 12.3. The first kappa shape index (κ1) is 25.4. The average molecular weight is 463 g/mol. The predicted molar refractivity (Wildman–Crippen MR) is 120 cm³/mol. The van der Waals surface area contributed by atoms with Gasteiger partial charge in [-0.15, -0.1) is 0 Å². The lowest BCUT2D eigenvalue weighted by molar-refractivity contribution is -0.143. The summed E-state index contributed by atoms with van der Waals surface area (Å²) in [6.45, 7) is 2.77. The van der Waals surface area contributed by atoms with Crippen LogP contribution in [0, 0.1) is 5.41 Å². The highest BCUT2D eigenvalue weighted by molar-refractivity contribution is 6.02. The van der Waals surface area contributed by atoms with Gasteiger partial charge in [0.2, 0.25) is 5.91 Å². The number of hydroxylamine groups is 1. The van der Waals surface area contributed by atoms with Crippen LogP contribution in [0.2, 0.25) is 0 Å². The Hall–Kier alpha value is -3.83. The Bertz CT molecular complexity index is 873. The summed E-state index contributed by atoms with van der Waals surface area (Å²) in [6.07, 6.45) is 0.583. The summed E-state index contributed by atoms with van der Waals surface area (Å²) in [5.74, 6) is -0.754. The van der Waals surface area contributed by atoms with E-state index in [0.29, 0.717) is 30.8 Å². The molecule has 2 rings (SSSR count). The zero-order valence-corrected chi connectivity index (χ0v) is 19.0. The summed E-state index contributed by atoms with van der Waals surface area (Å²) in [5.41, 5.74) is 3.35. The van der Waals surface area contributed by atoms with Crippen molar-refractivity contribution in [2.24, 2.45) is 0 Å². The van der Waals surface area contributed by atoms with Crippen LogP contribution in [0.3, 0.4) is 0 Å². The van der Waals surface area contributed by atoms with Gasteiger partial charge in [0.25, 0.3) is 0 Å². The van der Waals surface area contributed by atoms with Crippen molar-refractivity contribution < 1.29 is 28.8 Å². The van der Waals surface area contributed by atoms with Crippen molar-refractivity contribution in [3.8, 4) is 0 Å². The van der Waals surface area contributed by atoms with Crippen LogP contribution < -0.4 is 21.0 Å². The summed E-state index contributed by atoms with van der Waals surface area (Å²) >= 11 is 0. The summed E-state index contributed by atoms with van der Waals surface area (Å²) < 4.78 is 4.93. The van der Waals surface area contributed by atoms with E-state index < -0.39 is 18.2 Å². The quantitative estimate of drug-likeness (QED) is 0.194. The summed E-state index contributed by atoms with van der Waals surface area (Å²) in [6, 6.07) is 5.37. The van der Waals surface area contributed by atoms with Crippen LogP contribution in [-0.4, -0.2) is 74.6 Å². The number of hydrogen-bond donors (Lipinski definition) is 4. The second-order valence-corrected chi connectivity index (χ2v) is 7.49. The van der Waals surface area contributed by atoms with Gasteiger partial charge in [0.05, 0.1) is 13.0 Å². The molecule has 1 aromatic rings. The zero-order chi connectivity index (χ0) is 24.4. The normalized spacial score (nSPS) is 14.9. The molecule has 0 bridgehead atoms. The lowest BCUT2D eigenvalue weighted by Gasteiger charge is -2.18. The second-order valence-electron chi connectivity index (χ2n) is 7.49. The highest BCUT2D eigenvalue weighted by atomic mass is 16.7. The van der Waals surface area contributed by atoms with Gasteiger partial charge in [-0.1, -0.05) is 6.92 Å². The highest BCUT2D eigenvalue weighted by Crippen LogP contribution is 2.22. The molecular weight excluding hydrogens is 432 g/mol. The number of ether oxygens (including phenoxy) is 1. The van der Waals surface area contributed by atoms with E-state index in [1.807, 2.05) is 6.92 Å². The van der Waals surface area contributed by atoms with Gasteiger partial charge in [-0.3, -0.25) is 15.0 Å². The maximum atomic E-state index is 12.7. The Morgan fingerprint density at radius 1 is 1.21 bits per heavy atom. The molecule has 1 aromatic carbocycles. The molecule has 0 aliphatic carbocycles. The molecule has 4 N–H and O–H groups in total. The molecule has 0 radical (unpaired) electrons. The maximum Gasteiger partial charge on any atom is 0.433 e. The number of esters is 1. The first-order valence-electron chi connectivity index (χ1n) is 10.6. The minimum Gasteiger partial charge on any atom is -0.466 e. The fraction of sp³-hybridized carbons (Fsp3) is 0.476. The zero-order valence-electron chi connectivity index (χ0n) is 19.0. The van der Waals surface area contributed by atoms with Crippen molar-refractivity contribution in [3.63, 3.8) is 0 Å². The molecule has 1 saturated heterocycles. The van der Waals surface area contributed by atoms with Gasteiger partial charge in [0.1, 0.15) is 6.04 Å². The van der Waals surface area contributed by atoms with Gasteiger partial charge in [-0.05, 0) is 37.1 Å². The van der Waals surface area contributed by atoms with E-state index in [0.717, 1.165) is 6.42 Å². The molecule has 1 fully saturated rings. The number of urea groups is 1. The molecule has 4 amide bonds. The van der Waals surface area contributed by atoms with Crippen molar-refractivity contribution >= 4 is 35.5 Å². The first-order valence-corrected chi connectivity index (χ1v) is 10.6. The van der Waals surface area contributed by atoms with Crippen LogP contribution in [0.1, 0.15) is 31.7 Å². The van der Waals surface area contributed by atoms with Crippen LogP contribution in [0.4, 0.5) is 15.3 Å². The standard InChI is InChI=1S/C21H30N6O6/c1-4-13-32-17(28)9-11-23-20(30)24-16-10-12-27(19(16)29)15-7-5-14(6-8-15)18(22)25-33-21(31)26(2)3/h5-8,16H,4,9-13H2,1-3H3,(H2,22,25)(H2,23,24,30)/t16-/m0/s1. The van der Waals surface area contributed by atoms with Crippen molar-refractivity contribution in [2.75, 3.05) is 38.7 Å². The Morgan fingerprint density at radius 2 is 1.91 bits per heavy atom. The smallest absolute Gasteiger partial charge is 0.433 e. The minimum atomic E-state index is -0.679. The van der Waals surface area contributed by atoms with E-state index in [-0.39, 0.29) is 30.7 Å². The molecule has 12 nitrogen and oxygen atoms in total. The van der Waals surface area contributed by atoms with E-state index in [9.17, 15) is 19.2 Å². The molecule has 33 heavy (non-hydrogen) atoms. The molecule has 0 aromatic heterocycles. The van der Waals surface area contributed by atoms with E-state index in [2.05, 4.69) is 16.1 Å². The molecule has 0 unspecified atom stereocenters. The van der Waals surface area contributed by atoms with Gasteiger partial charge < -0.3 is 30.0 Å². The topological polar surface area (TPSA) is 153 Å². The van der Waals surface area contributed by atoms with Crippen LogP contribution >= 0.6 is 0 Å². The number of anilines is 1. The van der Waals surface area contributed by atoms with Crippen LogP contribution in [-0.2, 0) is 19.2 Å². The molecular formula is C21H30N6O6. The number of nitrogens with one attached hydrogen (secondary N) is 4. The van der Waals surface area contributed by atoms with Crippen molar-refractivity contribution in [3.05, 3.63) is 29.8 Å². The Morgan fingerprint density at radius 3 is 2.55 bits per heavy atom. The maximum absolute atomic E-state index is 12.7. The number of hydrogen-bond acceptors (Lipinski definition) is 7. The highest BCUT2D eigenvalue weighted by Gasteiger charge is 2.33. The van der Waals surface area contributed by atoms with E-state index >= 15 is 0 Å². The Kier molecular flexibility index (Phi) is 9.45. The Balaban J connectivity index is 1.81. The van der Waals surface area contributed by atoms with Gasteiger partial charge in [0, 0.05) is 38.4 Å². The van der Waals surface area contributed by atoms with Crippen molar-refractivity contribution in [2.45, 2.75) is 32.2 Å². The number of amides is 4. The lowest BCUT2D eigenvalue weighted by atomic mass is 10.2. The minimum absolute atomic E-state index is 0.0582. The lowest BCUT2D eigenvalue weighted by Crippen LogP contribution is -2.46. The fourth-order valence-electron chi connectivity index (χ4n) is 2.90. The third kappa shape index (κ3) is 7.66. The molecule has 1 aliphatic heterocycles. The van der Waals surface area contributed by atoms with E-state index in [1.165, 1.54) is 19.0 Å². The van der Waals surface area contributed by atoms with Crippen molar-refractivity contribution in [1.82, 2.24) is 21.0 Å². The number of carbonyl (C=O) groups excluding carboxylic acids is 4. The number of benzene rings is 1. The van der Waals surface area contributed by atoms with Crippen LogP contribution in [0.5, 0.6) is 0 Å². The Labute approximate surface area is 192 Å². The SMILES string of the molecule is CCCOC(=O)CCNC(=O)N[C@H]1CCN(c2ccc(C(=N)NOC(=O)N(C)C)cc2)C1=O. The average Bonchev–Trinajstić information content (AvgIpc) is 3.15. The summed E-state index contributed by atoms with van der Waals surface area (Å²) in [4.78, 5) is 55.1. The third-order valence-corrected chi connectivity index (χ3v) is 4.67. The van der Waals surface area contributed by atoms with Crippen LogP contribution in [0.25, 0.3) is 0 Å². The predicted octanol–water partition coefficient (Wildman–Crippen LogP) is 0.963. The third-order valence-electron chi connectivity index (χ3n) is 4.67. The summed E-state index contributed by atoms with van der Waals surface area (Å²) in [7, 11) is 3.04. The van der Waals surface area contributed by atoms with E-state index in [1.54, 1.807) is 29.2 Å².